The van der Waals surface area contributed by atoms with Crippen LogP contribution >= 0.6 is 0 Å². The van der Waals surface area contributed by atoms with Crippen molar-refractivity contribution in [2.24, 2.45) is 5.41 Å². The van der Waals surface area contributed by atoms with Crippen molar-refractivity contribution < 1.29 is 9.53 Å². The number of nitrogens with one attached hydrogen (secondary N) is 1. The summed E-state index contributed by atoms with van der Waals surface area (Å²) in [4.78, 5) is 11.8. The molecule has 0 aliphatic rings. The lowest BCUT2D eigenvalue weighted by Crippen LogP contribution is -2.16. The van der Waals surface area contributed by atoms with Gasteiger partial charge in [0.2, 0.25) is 5.91 Å². The van der Waals surface area contributed by atoms with E-state index in [4.69, 9.17) is 10.5 Å². The van der Waals surface area contributed by atoms with Crippen molar-refractivity contribution in [2.75, 3.05) is 18.2 Å². The second kappa shape index (κ2) is 5.76. The van der Waals surface area contributed by atoms with E-state index in [0.717, 1.165) is 6.42 Å². The number of rotatable bonds is 4. The molecule has 4 nitrogen and oxygen atoms in total. The first-order valence-electron chi connectivity index (χ1n) is 6.05. The molecule has 0 fully saturated rings. The highest BCUT2D eigenvalue weighted by Crippen LogP contribution is 2.25. The topological polar surface area (TPSA) is 64.3 Å². The maximum atomic E-state index is 11.8. The zero-order valence-corrected chi connectivity index (χ0v) is 11.5. The van der Waals surface area contributed by atoms with Crippen molar-refractivity contribution in [3.8, 4) is 5.75 Å². The lowest BCUT2D eigenvalue weighted by atomic mass is 9.90. The van der Waals surface area contributed by atoms with Gasteiger partial charge in [0.05, 0.1) is 18.5 Å². The Morgan fingerprint density at radius 1 is 1.39 bits per heavy atom. The van der Waals surface area contributed by atoms with E-state index >= 15 is 0 Å². The van der Waals surface area contributed by atoms with Gasteiger partial charge >= 0.3 is 0 Å². The smallest absolute Gasteiger partial charge is 0.224 e. The molecule has 0 radical (unpaired) electrons. The monoisotopic (exact) mass is 250 g/mol. The third kappa shape index (κ3) is 4.65. The quantitative estimate of drug-likeness (QED) is 0.807. The largest absolute Gasteiger partial charge is 0.497 e. The van der Waals surface area contributed by atoms with Crippen LogP contribution in [0.1, 0.15) is 33.6 Å². The number of anilines is 2. The third-order valence-corrected chi connectivity index (χ3v) is 2.64. The molecule has 18 heavy (non-hydrogen) atoms. The van der Waals surface area contributed by atoms with Gasteiger partial charge < -0.3 is 15.8 Å². The predicted molar refractivity (Wildman–Crippen MR) is 74.7 cm³/mol. The van der Waals surface area contributed by atoms with Crippen molar-refractivity contribution in [1.82, 2.24) is 0 Å². The fourth-order valence-electron chi connectivity index (χ4n) is 1.47. The molecule has 1 aromatic carbocycles. The maximum absolute atomic E-state index is 11.8. The number of carbonyl (C=O) groups is 1. The Balaban J connectivity index is 2.64. The molecule has 1 aromatic rings. The molecule has 3 N–H and O–H groups in total. The van der Waals surface area contributed by atoms with Crippen LogP contribution in [-0.2, 0) is 4.79 Å². The number of benzene rings is 1. The average molecular weight is 250 g/mol. The summed E-state index contributed by atoms with van der Waals surface area (Å²) in [6, 6.07) is 5.21. The summed E-state index contributed by atoms with van der Waals surface area (Å²) in [6.07, 6.45) is 1.32. The minimum atomic E-state index is -0.0233. The Morgan fingerprint density at radius 2 is 2.06 bits per heavy atom. The van der Waals surface area contributed by atoms with Gasteiger partial charge in [-0.15, -0.1) is 0 Å². The predicted octanol–water partition coefficient (Wildman–Crippen LogP) is 3.04. The minimum absolute atomic E-state index is 0.0233. The second-order valence-corrected chi connectivity index (χ2v) is 5.56. The maximum Gasteiger partial charge on any atom is 0.224 e. The van der Waals surface area contributed by atoms with Crippen LogP contribution < -0.4 is 15.8 Å². The van der Waals surface area contributed by atoms with Gasteiger partial charge in [0, 0.05) is 12.5 Å². The first-order chi connectivity index (χ1) is 8.31. The van der Waals surface area contributed by atoms with E-state index in [1.807, 2.05) is 0 Å². The Hall–Kier alpha value is -1.71. The highest BCUT2D eigenvalue weighted by atomic mass is 16.5. The number of ether oxygens (including phenoxy) is 1. The van der Waals surface area contributed by atoms with Crippen LogP contribution in [0, 0.1) is 5.41 Å². The van der Waals surface area contributed by atoms with E-state index in [1.165, 1.54) is 0 Å². The summed E-state index contributed by atoms with van der Waals surface area (Å²) in [7, 11) is 1.58. The summed E-state index contributed by atoms with van der Waals surface area (Å²) in [5, 5.41) is 2.81. The van der Waals surface area contributed by atoms with Crippen molar-refractivity contribution in [3.63, 3.8) is 0 Å². The van der Waals surface area contributed by atoms with Gasteiger partial charge in [0.1, 0.15) is 5.75 Å². The van der Waals surface area contributed by atoms with Crippen LogP contribution in [0.5, 0.6) is 5.75 Å². The minimum Gasteiger partial charge on any atom is -0.497 e. The van der Waals surface area contributed by atoms with Gasteiger partial charge in [-0.3, -0.25) is 4.79 Å². The van der Waals surface area contributed by atoms with Crippen molar-refractivity contribution in [3.05, 3.63) is 18.2 Å². The van der Waals surface area contributed by atoms with Crippen molar-refractivity contribution in [2.45, 2.75) is 33.6 Å². The Labute approximate surface area is 109 Å². The number of hydrogen-bond donors (Lipinski definition) is 2. The number of methoxy groups -OCH3 is 1. The molecule has 0 atom stereocenters. The second-order valence-electron chi connectivity index (χ2n) is 5.56. The Morgan fingerprint density at radius 3 is 2.61 bits per heavy atom. The van der Waals surface area contributed by atoms with Crippen LogP contribution in [0.25, 0.3) is 0 Å². The summed E-state index contributed by atoms with van der Waals surface area (Å²) in [6.45, 7) is 6.33. The fraction of sp³-hybridized carbons (Fsp3) is 0.500. The first kappa shape index (κ1) is 14.4. The van der Waals surface area contributed by atoms with Gasteiger partial charge in [0.25, 0.3) is 0 Å². The van der Waals surface area contributed by atoms with Gasteiger partial charge in [0.15, 0.2) is 0 Å². The summed E-state index contributed by atoms with van der Waals surface area (Å²) in [5.74, 6) is 0.653. The molecular formula is C14H22N2O2. The molecule has 1 rings (SSSR count). The van der Waals surface area contributed by atoms with E-state index in [9.17, 15) is 4.79 Å². The van der Waals surface area contributed by atoms with Crippen LogP contribution in [0.15, 0.2) is 18.2 Å². The molecule has 0 saturated carbocycles. The SMILES string of the molecule is COc1ccc(N)c(NC(=O)CCC(C)(C)C)c1. The summed E-state index contributed by atoms with van der Waals surface area (Å²) < 4.78 is 5.10. The van der Waals surface area contributed by atoms with Gasteiger partial charge in [-0.25, -0.2) is 0 Å². The molecule has 4 heteroatoms. The summed E-state index contributed by atoms with van der Waals surface area (Å²) >= 11 is 0. The van der Waals surface area contributed by atoms with Crippen LogP contribution in [0.3, 0.4) is 0 Å². The molecule has 0 unspecified atom stereocenters. The lowest BCUT2D eigenvalue weighted by molar-refractivity contribution is -0.116. The van der Waals surface area contributed by atoms with Crippen molar-refractivity contribution in [1.29, 1.82) is 0 Å². The van der Waals surface area contributed by atoms with Gasteiger partial charge in [-0.2, -0.15) is 0 Å². The number of hydrogen-bond acceptors (Lipinski definition) is 3. The molecule has 0 aliphatic heterocycles. The molecular weight excluding hydrogens is 228 g/mol. The van der Waals surface area contributed by atoms with Crippen molar-refractivity contribution >= 4 is 17.3 Å². The number of carbonyl (C=O) groups excluding carboxylic acids is 1. The van der Waals surface area contributed by atoms with Gasteiger partial charge in [-0.1, -0.05) is 20.8 Å². The van der Waals surface area contributed by atoms with E-state index in [-0.39, 0.29) is 11.3 Å². The number of nitrogen functional groups attached to an aromatic ring is 1. The van der Waals surface area contributed by atoms with Crippen LogP contribution in [0.2, 0.25) is 0 Å². The zero-order valence-electron chi connectivity index (χ0n) is 11.5. The molecule has 0 aliphatic carbocycles. The molecule has 0 heterocycles. The van der Waals surface area contributed by atoms with Gasteiger partial charge in [-0.05, 0) is 24.0 Å². The molecule has 0 spiro atoms. The highest BCUT2D eigenvalue weighted by Gasteiger charge is 2.13. The average Bonchev–Trinajstić information content (AvgIpc) is 2.28. The Bertz CT molecular complexity index is 422. The Kier molecular flexibility index (Phi) is 4.59. The van der Waals surface area contributed by atoms with E-state index in [2.05, 4.69) is 26.1 Å². The normalized spacial score (nSPS) is 11.1. The third-order valence-electron chi connectivity index (χ3n) is 2.64. The highest BCUT2D eigenvalue weighted by molar-refractivity contribution is 5.94. The fourth-order valence-corrected chi connectivity index (χ4v) is 1.47. The number of nitrogens with two attached hydrogens (primary N) is 1. The number of amides is 1. The molecule has 0 bridgehead atoms. The molecule has 0 saturated heterocycles. The zero-order chi connectivity index (χ0) is 13.8. The molecule has 0 aromatic heterocycles. The van der Waals surface area contributed by atoms with E-state index < -0.39 is 0 Å². The lowest BCUT2D eigenvalue weighted by Gasteiger charge is -2.17. The molecule has 100 valence electrons. The van der Waals surface area contributed by atoms with E-state index in [1.54, 1.807) is 25.3 Å². The standard InChI is InChI=1S/C14H22N2O2/c1-14(2,3)8-7-13(17)16-12-9-10(18-4)5-6-11(12)15/h5-6,9H,7-8,15H2,1-4H3,(H,16,17). The molecule has 1 amide bonds. The summed E-state index contributed by atoms with van der Waals surface area (Å²) in [5.41, 5.74) is 7.10. The van der Waals surface area contributed by atoms with E-state index in [0.29, 0.717) is 23.5 Å². The van der Waals surface area contributed by atoms with Crippen LogP contribution in [0.4, 0.5) is 11.4 Å². The first-order valence-corrected chi connectivity index (χ1v) is 6.05. The van der Waals surface area contributed by atoms with Crippen LogP contribution in [-0.4, -0.2) is 13.0 Å².